The number of carbonyl (C=O) groups excluding carboxylic acids is 3. The van der Waals surface area contributed by atoms with Crippen LogP contribution in [0.1, 0.15) is 60.3 Å². The smallest absolute Gasteiger partial charge is 0.255 e. The minimum atomic E-state index is -0.906. The molecule has 0 spiro atoms. The average Bonchev–Trinajstić information content (AvgIpc) is 4.03. The molecule has 14 nitrogen and oxygen atoms in total. The average molecular weight is 896 g/mol. The van der Waals surface area contributed by atoms with Gasteiger partial charge in [-0.05, 0) is 97.5 Å². The number of hydrogen-bond acceptors (Lipinski definition) is 12. The Morgan fingerprint density at radius 1 is 0.892 bits per heavy atom. The van der Waals surface area contributed by atoms with Crippen LogP contribution in [-0.4, -0.2) is 92.6 Å². The van der Waals surface area contributed by atoms with Gasteiger partial charge in [0, 0.05) is 54.5 Å². The summed E-state index contributed by atoms with van der Waals surface area (Å²) in [5.41, 5.74) is 8.41. The molecular formula is C50H53N7O7S. The van der Waals surface area contributed by atoms with Crippen LogP contribution in [0.3, 0.4) is 0 Å². The molecule has 8 rings (SSSR count). The number of carbonyl (C=O) groups is 3. The number of anilines is 2. The summed E-state index contributed by atoms with van der Waals surface area (Å²) < 4.78 is 17.7. The molecule has 2 aliphatic heterocycles. The minimum absolute atomic E-state index is 0.00528. The molecule has 0 radical (unpaired) electrons. The third-order valence-corrected chi connectivity index (χ3v) is 12.7. The first kappa shape index (κ1) is 44.8. The number of likely N-dealkylation sites (tertiary alicyclic amines) is 1. The van der Waals surface area contributed by atoms with Gasteiger partial charge in [-0.1, -0.05) is 44.2 Å². The first-order chi connectivity index (χ1) is 31.6. The Morgan fingerprint density at radius 2 is 1.69 bits per heavy atom. The molecule has 3 amide bonds. The van der Waals surface area contributed by atoms with Crippen molar-refractivity contribution in [3.05, 3.63) is 131 Å². The van der Waals surface area contributed by atoms with Gasteiger partial charge in [0.1, 0.15) is 41.5 Å². The number of hydrogen-bond donors (Lipinski definition) is 3. The molecule has 15 heteroatoms. The Hall–Kier alpha value is -6.84. The maximum atomic E-state index is 14.3. The number of aliphatic hydroxyl groups is 1. The summed E-state index contributed by atoms with van der Waals surface area (Å²) in [6.45, 7) is 7.10. The van der Waals surface area contributed by atoms with E-state index in [-0.39, 0.29) is 43.1 Å². The number of β-amino-alcohol motifs (C(OH)–C–C–N with tert-alkyl or cyclic N) is 1. The monoisotopic (exact) mass is 895 g/mol. The van der Waals surface area contributed by atoms with Gasteiger partial charge in [-0.2, -0.15) is 0 Å². The van der Waals surface area contributed by atoms with E-state index in [0.717, 1.165) is 62.1 Å². The molecule has 0 unspecified atom stereocenters. The lowest BCUT2D eigenvalue weighted by molar-refractivity contribution is -0.143. The van der Waals surface area contributed by atoms with E-state index in [2.05, 4.69) is 25.6 Å². The number of aliphatic hydroxyl groups excluding tert-OH is 1. The van der Waals surface area contributed by atoms with E-state index < -0.39 is 18.2 Å². The zero-order valence-electron chi connectivity index (χ0n) is 36.9. The lowest BCUT2D eigenvalue weighted by atomic mass is 10.0. The summed E-state index contributed by atoms with van der Waals surface area (Å²) in [6.07, 6.45) is 2.20. The van der Waals surface area contributed by atoms with Crippen LogP contribution in [0.15, 0.2) is 109 Å². The van der Waals surface area contributed by atoms with Gasteiger partial charge in [-0.15, -0.1) is 11.3 Å². The van der Waals surface area contributed by atoms with Crippen LogP contribution in [0.5, 0.6) is 17.2 Å². The number of aromatic nitrogens is 3. The van der Waals surface area contributed by atoms with Crippen LogP contribution < -0.4 is 24.8 Å². The molecule has 4 heterocycles. The lowest BCUT2D eigenvalue weighted by Gasteiger charge is -2.35. The fourth-order valence-corrected chi connectivity index (χ4v) is 9.16. The number of fused-ring (bicyclic) bond motifs is 1. The van der Waals surface area contributed by atoms with E-state index in [9.17, 15) is 19.5 Å². The molecule has 336 valence electrons. The standard InChI is InChI=1S/C50H53N7O7S/c1-31(2)46(57-27-35-10-5-6-13-41(35)49(57)60)50(61)56-28-38(58)24-43(56)48(59)51-26-36-22-34(47-32(3)54-30-65-47)14-19-44(36)64-21-8-7-20-63-40-12-9-11-33(23-40)42-25-45(53-29-52-42)55-37-15-17-39(62-4)18-16-37/h5-6,9-19,22-23,25,29-31,38,43,46,58H,7-8,20-21,24,26-28H2,1-4H3,(H,51,59)(H,52,53,55)/t38-,43+,46+/m1/s1. The van der Waals surface area contributed by atoms with Crippen molar-refractivity contribution in [2.75, 3.05) is 32.2 Å². The van der Waals surface area contributed by atoms with E-state index >= 15 is 0 Å². The van der Waals surface area contributed by atoms with Gasteiger partial charge >= 0.3 is 0 Å². The van der Waals surface area contributed by atoms with Gasteiger partial charge < -0.3 is 39.8 Å². The highest BCUT2D eigenvalue weighted by Crippen LogP contribution is 2.33. The summed E-state index contributed by atoms with van der Waals surface area (Å²) in [5, 5.41) is 17.1. The number of aryl methyl sites for hydroxylation is 1. The van der Waals surface area contributed by atoms with E-state index in [1.165, 1.54) is 22.6 Å². The number of ether oxygens (including phenoxy) is 3. The molecule has 0 saturated carbocycles. The molecule has 0 aliphatic carbocycles. The number of methoxy groups -OCH3 is 1. The SMILES string of the molecule is COc1ccc(Nc2cc(-c3cccc(OCCCCOc4ccc(-c5scnc5C)cc4CNC(=O)[C@@H]4C[C@@H](O)CN4C(=O)[C@H](C(C)C)N4Cc5ccccc5C4=O)c3)ncn2)cc1. The number of thiazole rings is 1. The second-order valence-corrected chi connectivity index (χ2v) is 17.4. The molecule has 1 saturated heterocycles. The molecule has 3 N–H and O–H groups in total. The maximum Gasteiger partial charge on any atom is 0.255 e. The van der Waals surface area contributed by atoms with Gasteiger partial charge in [-0.25, -0.2) is 15.0 Å². The van der Waals surface area contributed by atoms with Crippen molar-refractivity contribution < 1.29 is 33.7 Å². The van der Waals surface area contributed by atoms with E-state index in [4.69, 9.17) is 14.2 Å². The Balaban J connectivity index is 0.874. The molecule has 2 aromatic heterocycles. The zero-order chi connectivity index (χ0) is 45.5. The van der Waals surface area contributed by atoms with Crippen LogP contribution in [0, 0.1) is 12.8 Å². The van der Waals surface area contributed by atoms with Crippen molar-refractivity contribution >= 4 is 40.6 Å². The van der Waals surface area contributed by atoms with Gasteiger partial charge in [0.05, 0.1) is 48.2 Å². The summed E-state index contributed by atoms with van der Waals surface area (Å²) in [5.74, 6) is 1.63. The third-order valence-electron chi connectivity index (χ3n) is 11.7. The Bertz CT molecular complexity index is 2640. The first-order valence-corrected chi connectivity index (χ1v) is 22.7. The van der Waals surface area contributed by atoms with Crippen molar-refractivity contribution in [3.63, 3.8) is 0 Å². The third kappa shape index (κ3) is 10.4. The first-order valence-electron chi connectivity index (χ1n) is 21.8. The van der Waals surface area contributed by atoms with Crippen molar-refractivity contribution in [2.24, 2.45) is 5.92 Å². The number of benzene rings is 4. The molecule has 0 bridgehead atoms. The Labute approximate surface area is 382 Å². The predicted octanol–water partition coefficient (Wildman–Crippen LogP) is 7.82. The minimum Gasteiger partial charge on any atom is -0.497 e. The highest BCUT2D eigenvalue weighted by molar-refractivity contribution is 7.13. The summed E-state index contributed by atoms with van der Waals surface area (Å²) in [6, 6.07) is 28.9. The number of amides is 3. The number of unbranched alkanes of at least 4 members (excludes halogenated alkanes) is 1. The summed E-state index contributed by atoms with van der Waals surface area (Å²) >= 11 is 1.54. The number of rotatable bonds is 18. The highest BCUT2D eigenvalue weighted by Gasteiger charge is 2.45. The van der Waals surface area contributed by atoms with Crippen LogP contribution in [0.25, 0.3) is 21.7 Å². The van der Waals surface area contributed by atoms with Crippen LogP contribution >= 0.6 is 11.3 Å². The lowest BCUT2D eigenvalue weighted by Crippen LogP contribution is -2.55. The summed E-state index contributed by atoms with van der Waals surface area (Å²) in [7, 11) is 1.63. The van der Waals surface area contributed by atoms with E-state index in [0.29, 0.717) is 43.3 Å². The van der Waals surface area contributed by atoms with E-state index in [1.54, 1.807) is 23.6 Å². The Morgan fingerprint density at radius 3 is 2.45 bits per heavy atom. The summed E-state index contributed by atoms with van der Waals surface area (Å²) in [4.78, 5) is 59.1. The van der Waals surface area contributed by atoms with Gasteiger partial charge in [-0.3, -0.25) is 14.4 Å². The molecule has 65 heavy (non-hydrogen) atoms. The maximum absolute atomic E-state index is 14.3. The van der Waals surface area contributed by atoms with Crippen LogP contribution in [-0.2, 0) is 22.7 Å². The number of nitrogens with one attached hydrogen (secondary N) is 2. The second-order valence-electron chi connectivity index (χ2n) is 16.6. The van der Waals surface area contributed by atoms with Crippen molar-refractivity contribution in [1.29, 1.82) is 0 Å². The normalized spacial score (nSPS) is 16.1. The van der Waals surface area contributed by atoms with Crippen molar-refractivity contribution in [3.8, 4) is 38.9 Å². The van der Waals surface area contributed by atoms with Crippen LogP contribution in [0.4, 0.5) is 11.5 Å². The highest BCUT2D eigenvalue weighted by atomic mass is 32.1. The predicted molar refractivity (Wildman–Crippen MR) is 249 cm³/mol. The largest absolute Gasteiger partial charge is 0.497 e. The van der Waals surface area contributed by atoms with Gasteiger partial charge in [0.2, 0.25) is 11.8 Å². The molecule has 1 fully saturated rings. The molecule has 3 atom stereocenters. The molecule has 6 aromatic rings. The van der Waals surface area contributed by atoms with Crippen LogP contribution in [0.2, 0.25) is 0 Å². The topological polar surface area (TPSA) is 168 Å². The van der Waals surface area contributed by atoms with Gasteiger partial charge in [0.15, 0.2) is 0 Å². The van der Waals surface area contributed by atoms with E-state index in [1.807, 2.05) is 112 Å². The number of nitrogens with zero attached hydrogens (tertiary/aromatic N) is 5. The fourth-order valence-electron chi connectivity index (χ4n) is 8.36. The zero-order valence-corrected chi connectivity index (χ0v) is 37.7. The van der Waals surface area contributed by atoms with Crippen molar-refractivity contribution in [1.82, 2.24) is 30.1 Å². The van der Waals surface area contributed by atoms with Gasteiger partial charge in [0.25, 0.3) is 5.91 Å². The molecule has 4 aromatic carbocycles. The fraction of sp³-hybridized carbons (Fsp3) is 0.320. The van der Waals surface area contributed by atoms with Crippen molar-refractivity contribution in [2.45, 2.75) is 71.3 Å². The quantitative estimate of drug-likeness (QED) is 0.0720. The molecular weight excluding hydrogens is 843 g/mol. The Kier molecular flexibility index (Phi) is 14.0. The second kappa shape index (κ2) is 20.3. The molecule has 2 aliphatic rings.